The lowest BCUT2D eigenvalue weighted by Crippen LogP contribution is -2.06. The molecule has 0 heterocycles. The number of benzene rings is 1. The largest absolute Gasteiger partial charge is 0.478 e. The summed E-state index contributed by atoms with van der Waals surface area (Å²) >= 11 is 0. The third-order valence-electron chi connectivity index (χ3n) is 2.44. The average molecular weight is 258 g/mol. The number of aliphatic carboxylic acids is 1. The van der Waals surface area contributed by atoms with E-state index in [4.69, 9.17) is 5.11 Å². The summed E-state index contributed by atoms with van der Waals surface area (Å²) in [6.45, 7) is 3.52. The predicted octanol–water partition coefficient (Wildman–Crippen LogP) is 3.93. The molecule has 0 atom stereocenters. The summed E-state index contributed by atoms with van der Waals surface area (Å²) in [4.78, 5) is 10.4. The van der Waals surface area contributed by atoms with Gasteiger partial charge in [-0.2, -0.15) is 13.2 Å². The van der Waals surface area contributed by atoms with Crippen LogP contribution in [0.15, 0.2) is 24.3 Å². The van der Waals surface area contributed by atoms with Gasteiger partial charge in [-0.3, -0.25) is 0 Å². The molecule has 1 rings (SSSR count). The molecule has 0 saturated carbocycles. The zero-order valence-corrected chi connectivity index (χ0v) is 9.95. The molecule has 0 spiro atoms. The van der Waals surface area contributed by atoms with Crippen molar-refractivity contribution in [2.45, 2.75) is 25.9 Å². The number of halogens is 3. The van der Waals surface area contributed by atoms with Crippen molar-refractivity contribution >= 4 is 12.0 Å². The van der Waals surface area contributed by atoms with Crippen LogP contribution in [0.2, 0.25) is 0 Å². The molecule has 0 saturated heterocycles. The van der Waals surface area contributed by atoms with Crippen LogP contribution in [0.1, 0.15) is 36.5 Å². The van der Waals surface area contributed by atoms with Crippen LogP contribution in [0.4, 0.5) is 13.2 Å². The summed E-state index contributed by atoms with van der Waals surface area (Å²) in [5.74, 6) is -1.26. The lowest BCUT2D eigenvalue weighted by atomic mass is 9.94. The quantitative estimate of drug-likeness (QED) is 0.834. The zero-order chi connectivity index (χ0) is 13.9. The molecule has 5 heteroatoms. The highest BCUT2D eigenvalue weighted by atomic mass is 19.4. The topological polar surface area (TPSA) is 37.3 Å². The van der Waals surface area contributed by atoms with Gasteiger partial charge in [0.1, 0.15) is 0 Å². The molecule has 0 radical (unpaired) electrons. The van der Waals surface area contributed by atoms with Crippen molar-refractivity contribution in [2.75, 3.05) is 0 Å². The van der Waals surface area contributed by atoms with Crippen LogP contribution in [0.3, 0.4) is 0 Å². The van der Waals surface area contributed by atoms with Crippen molar-refractivity contribution in [2.24, 2.45) is 0 Å². The molecule has 0 aliphatic rings. The molecular weight excluding hydrogens is 245 g/mol. The molecule has 0 fully saturated rings. The Morgan fingerprint density at radius 3 is 2.39 bits per heavy atom. The molecule has 0 aliphatic carbocycles. The van der Waals surface area contributed by atoms with Crippen molar-refractivity contribution in [1.82, 2.24) is 0 Å². The number of carboxylic acids is 1. The summed E-state index contributed by atoms with van der Waals surface area (Å²) in [6, 6.07) is 3.30. The number of hydrogen-bond acceptors (Lipinski definition) is 1. The van der Waals surface area contributed by atoms with Gasteiger partial charge < -0.3 is 5.11 Å². The maximum atomic E-state index is 12.6. The first-order valence-electron chi connectivity index (χ1n) is 5.34. The lowest BCUT2D eigenvalue weighted by molar-refractivity contribution is -0.137. The normalized spacial score (nSPS) is 12.3. The molecule has 0 unspecified atom stereocenters. The second-order valence-corrected chi connectivity index (χ2v) is 4.17. The molecule has 1 N–H and O–H groups in total. The van der Waals surface area contributed by atoms with Gasteiger partial charge in [0.2, 0.25) is 0 Å². The van der Waals surface area contributed by atoms with Gasteiger partial charge in [0.05, 0.1) is 5.56 Å². The van der Waals surface area contributed by atoms with Gasteiger partial charge in [0, 0.05) is 6.08 Å². The van der Waals surface area contributed by atoms with Crippen molar-refractivity contribution < 1.29 is 23.1 Å². The predicted molar refractivity (Wildman–Crippen MR) is 62.2 cm³/mol. The van der Waals surface area contributed by atoms with Crippen LogP contribution in [0, 0.1) is 0 Å². The van der Waals surface area contributed by atoms with E-state index >= 15 is 0 Å². The molecule has 18 heavy (non-hydrogen) atoms. The van der Waals surface area contributed by atoms with E-state index in [9.17, 15) is 18.0 Å². The number of carboxylic acid groups (broad SMARTS) is 1. The third-order valence-corrected chi connectivity index (χ3v) is 2.44. The fraction of sp³-hybridized carbons (Fsp3) is 0.308. The van der Waals surface area contributed by atoms with Gasteiger partial charge in [-0.1, -0.05) is 19.9 Å². The Morgan fingerprint density at radius 2 is 1.94 bits per heavy atom. The smallest absolute Gasteiger partial charge is 0.416 e. The highest BCUT2D eigenvalue weighted by Crippen LogP contribution is 2.32. The summed E-state index contributed by atoms with van der Waals surface area (Å²) in [5, 5.41) is 8.52. The number of carbonyl (C=O) groups is 1. The lowest BCUT2D eigenvalue weighted by Gasteiger charge is -2.14. The van der Waals surface area contributed by atoms with Crippen molar-refractivity contribution in [1.29, 1.82) is 0 Å². The highest BCUT2D eigenvalue weighted by molar-refractivity contribution is 5.85. The molecule has 0 aliphatic heterocycles. The summed E-state index contributed by atoms with van der Waals surface area (Å²) < 4.78 is 37.7. The maximum Gasteiger partial charge on any atom is 0.416 e. The number of alkyl halides is 3. The summed E-state index contributed by atoms with van der Waals surface area (Å²) in [5.41, 5.74) is 0.237. The third kappa shape index (κ3) is 3.61. The molecular formula is C13H13F3O2. The van der Waals surface area contributed by atoms with Gasteiger partial charge in [0.15, 0.2) is 0 Å². The van der Waals surface area contributed by atoms with E-state index < -0.39 is 17.7 Å². The van der Waals surface area contributed by atoms with E-state index in [2.05, 4.69) is 0 Å². The first-order valence-corrected chi connectivity index (χ1v) is 5.34. The van der Waals surface area contributed by atoms with E-state index in [1.54, 1.807) is 13.8 Å². The Balaban J connectivity index is 3.25. The molecule has 0 amide bonds. The van der Waals surface area contributed by atoms with Crippen molar-refractivity contribution in [3.05, 3.63) is 41.0 Å². The minimum absolute atomic E-state index is 0.124. The number of hydrogen-bond donors (Lipinski definition) is 1. The Labute approximate surface area is 103 Å². The minimum atomic E-state index is -4.39. The van der Waals surface area contributed by atoms with E-state index in [1.807, 2.05) is 0 Å². The average Bonchev–Trinajstić information content (AvgIpc) is 2.24. The molecule has 0 bridgehead atoms. The Hall–Kier alpha value is -1.78. The Bertz CT molecular complexity index is 474. The van der Waals surface area contributed by atoms with Gasteiger partial charge in [-0.05, 0) is 35.3 Å². The van der Waals surface area contributed by atoms with E-state index in [0.717, 1.165) is 18.2 Å². The summed E-state index contributed by atoms with van der Waals surface area (Å²) in [7, 11) is 0. The second-order valence-electron chi connectivity index (χ2n) is 4.17. The Morgan fingerprint density at radius 1 is 1.33 bits per heavy atom. The first kappa shape index (κ1) is 14.3. The molecule has 1 aromatic carbocycles. The van der Waals surface area contributed by atoms with Crippen LogP contribution in [0.25, 0.3) is 6.08 Å². The van der Waals surface area contributed by atoms with Crippen LogP contribution in [-0.2, 0) is 11.0 Å². The monoisotopic (exact) mass is 258 g/mol. The fourth-order valence-corrected chi connectivity index (χ4v) is 1.56. The van der Waals surface area contributed by atoms with Crippen molar-refractivity contribution in [3.63, 3.8) is 0 Å². The highest BCUT2D eigenvalue weighted by Gasteiger charge is 2.31. The van der Waals surface area contributed by atoms with E-state index in [0.29, 0.717) is 11.1 Å². The molecule has 98 valence electrons. The van der Waals surface area contributed by atoms with Crippen LogP contribution >= 0.6 is 0 Å². The van der Waals surface area contributed by atoms with Crippen LogP contribution in [0.5, 0.6) is 0 Å². The van der Waals surface area contributed by atoms with Gasteiger partial charge in [0.25, 0.3) is 0 Å². The van der Waals surface area contributed by atoms with Gasteiger partial charge in [-0.25, -0.2) is 4.79 Å². The Kier molecular flexibility index (Phi) is 4.16. The van der Waals surface area contributed by atoms with Crippen LogP contribution < -0.4 is 0 Å². The standard InChI is InChI=1S/C13H13F3O2/c1-8(2)11-7-10(13(14,15)16)5-3-9(11)4-6-12(17)18/h3-8H,1-2H3,(H,17,18)/b6-4+. The van der Waals surface area contributed by atoms with E-state index in [1.165, 1.54) is 12.1 Å². The summed E-state index contributed by atoms with van der Waals surface area (Å²) in [6.07, 6.45) is -2.18. The zero-order valence-electron chi connectivity index (χ0n) is 9.95. The molecule has 2 nitrogen and oxygen atoms in total. The second kappa shape index (κ2) is 5.25. The minimum Gasteiger partial charge on any atom is -0.478 e. The maximum absolute atomic E-state index is 12.6. The first-order chi connectivity index (χ1) is 8.21. The van der Waals surface area contributed by atoms with Crippen molar-refractivity contribution in [3.8, 4) is 0 Å². The SMILES string of the molecule is CC(C)c1cc(C(F)(F)F)ccc1/C=C/C(=O)O. The number of rotatable bonds is 3. The van der Waals surface area contributed by atoms with Gasteiger partial charge in [-0.15, -0.1) is 0 Å². The molecule has 0 aromatic heterocycles. The van der Waals surface area contributed by atoms with E-state index in [-0.39, 0.29) is 5.92 Å². The molecule has 1 aromatic rings. The van der Waals surface area contributed by atoms with Gasteiger partial charge >= 0.3 is 12.1 Å². The fourth-order valence-electron chi connectivity index (χ4n) is 1.56. The van der Waals surface area contributed by atoms with Crippen LogP contribution in [-0.4, -0.2) is 11.1 Å².